The van der Waals surface area contributed by atoms with Gasteiger partial charge in [0.05, 0.1) is 6.54 Å². The Hall–Kier alpha value is -0.410. The Labute approximate surface area is 48.2 Å². The number of rotatable bonds is 3. The third kappa shape index (κ3) is 1.28. The molecule has 0 aromatic heterocycles. The monoisotopic (exact) mass is 114 g/mol. The lowest BCUT2D eigenvalue weighted by Crippen LogP contribution is -2.29. The molecule has 0 amide bonds. The highest BCUT2D eigenvalue weighted by atomic mass is 16.1. The van der Waals surface area contributed by atoms with Crippen LogP contribution >= 0.6 is 0 Å². The van der Waals surface area contributed by atoms with Crippen molar-refractivity contribution in [2.75, 3.05) is 6.54 Å². The molecule has 0 atom stereocenters. The van der Waals surface area contributed by atoms with Gasteiger partial charge < -0.3 is 0 Å². The van der Waals surface area contributed by atoms with Crippen LogP contribution in [0.3, 0.4) is 0 Å². The quantitative estimate of drug-likeness (QED) is 0.381. The molecule has 0 aliphatic heterocycles. The van der Waals surface area contributed by atoms with E-state index in [1.165, 1.54) is 0 Å². The van der Waals surface area contributed by atoms with Crippen LogP contribution in [-0.4, -0.2) is 12.3 Å². The first-order valence-corrected chi connectivity index (χ1v) is 2.81. The summed E-state index contributed by atoms with van der Waals surface area (Å²) in [4.78, 5) is 10.7. The van der Waals surface area contributed by atoms with Crippen LogP contribution in [0, 0.1) is 5.92 Å². The number of hydrogen-bond donors (Lipinski definition) is 2. The summed E-state index contributed by atoms with van der Waals surface area (Å²) in [5.41, 5.74) is 2.34. The van der Waals surface area contributed by atoms with Gasteiger partial charge >= 0.3 is 0 Å². The van der Waals surface area contributed by atoms with Crippen molar-refractivity contribution >= 4 is 5.78 Å². The average molecular weight is 114 g/mol. The number of hydrazine groups is 1. The Kier molecular flexibility index (Phi) is 1.60. The van der Waals surface area contributed by atoms with Gasteiger partial charge in [0.2, 0.25) is 0 Å². The van der Waals surface area contributed by atoms with E-state index >= 15 is 0 Å². The maximum atomic E-state index is 10.7. The molecule has 3 nitrogen and oxygen atoms in total. The normalized spacial score (nSPS) is 18.6. The summed E-state index contributed by atoms with van der Waals surface area (Å²) >= 11 is 0. The van der Waals surface area contributed by atoms with Crippen molar-refractivity contribution in [2.24, 2.45) is 11.8 Å². The summed E-state index contributed by atoms with van der Waals surface area (Å²) in [5, 5.41) is 0. The number of Topliss-reactive ketones (excluding diaryl/α,β-unsaturated/α-hetero) is 1. The van der Waals surface area contributed by atoms with Crippen molar-refractivity contribution in [3.05, 3.63) is 0 Å². The molecule has 46 valence electrons. The summed E-state index contributed by atoms with van der Waals surface area (Å²) in [7, 11) is 0. The van der Waals surface area contributed by atoms with E-state index in [1.807, 2.05) is 0 Å². The second-order valence-corrected chi connectivity index (χ2v) is 2.12. The van der Waals surface area contributed by atoms with Gasteiger partial charge in [0.15, 0.2) is 5.78 Å². The second kappa shape index (κ2) is 2.24. The fourth-order valence-electron chi connectivity index (χ4n) is 0.650. The summed E-state index contributed by atoms with van der Waals surface area (Å²) in [5.74, 6) is 5.52. The molecular formula is C5H10N2O. The van der Waals surface area contributed by atoms with Crippen LogP contribution in [0.4, 0.5) is 0 Å². The number of ketones is 1. The van der Waals surface area contributed by atoms with Crippen molar-refractivity contribution in [3.8, 4) is 0 Å². The second-order valence-electron chi connectivity index (χ2n) is 2.12. The van der Waals surface area contributed by atoms with Crippen LogP contribution < -0.4 is 11.3 Å². The van der Waals surface area contributed by atoms with Gasteiger partial charge in [-0.2, -0.15) is 0 Å². The number of nitrogens with two attached hydrogens (primary N) is 1. The molecule has 0 bridgehead atoms. The van der Waals surface area contributed by atoms with E-state index in [4.69, 9.17) is 5.84 Å². The highest BCUT2D eigenvalue weighted by molar-refractivity contribution is 5.84. The molecule has 3 N–H and O–H groups in total. The molecule has 0 spiro atoms. The lowest BCUT2D eigenvalue weighted by atomic mass is 10.3. The minimum absolute atomic E-state index is 0.257. The SMILES string of the molecule is NNCC(=O)C1CC1. The Morgan fingerprint density at radius 3 is 2.75 bits per heavy atom. The number of carbonyl (C=O) groups is 1. The zero-order valence-electron chi connectivity index (χ0n) is 4.68. The fourth-order valence-corrected chi connectivity index (χ4v) is 0.650. The third-order valence-electron chi connectivity index (χ3n) is 1.31. The fraction of sp³-hybridized carbons (Fsp3) is 0.800. The van der Waals surface area contributed by atoms with E-state index < -0.39 is 0 Å². The van der Waals surface area contributed by atoms with Gasteiger partial charge in [0.25, 0.3) is 0 Å². The van der Waals surface area contributed by atoms with Gasteiger partial charge in [-0.05, 0) is 12.8 Å². The lowest BCUT2D eigenvalue weighted by Gasteiger charge is -1.92. The van der Waals surface area contributed by atoms with Crippen LogP contribution in [0.5, 0.6) is 0 Å². The lowest BCUT2D eigenvalue weighted by molar-refractivity contribution is -0.119. The van der Waals surface area contributed by atoms with E-state index in [9.17, 15) is 4.79 Å². The smallest absolute Gasteiger partial charge is 0.151 e. The molecule has 1 aliphatic rings. The maximum absolute atomic E-state index is 10.7. The average Bonchev–Trinajstić information content (AvgIpc) is 2.45. The highest BCUT2D eigenvalue weighted by Crippen LogP contribution is 2.29. The van der Waals surface area contributed by atoms with Crippen molar-refractivity contribution in [3.63, 3.8) is 0 Å². The van der Waals surface area contributed by atoms with Crippen LogP contribution in [0.25, 0.3) is 0 Å². The summed E-state index contributed by atoms with van der Waals surface area (Å²) in [6.45, 7) is 0.338. The minimum Gasteiger partial charge on any atom is -0.298 e. The van der Waals surface area contributed by atoms with Crippen LogP contribution in [0.2, 0.25) is 0 Å². The van der Waals surface area contributed by atoms with Gasteiger partial charge in [0.1, 0.15) is 0 Å². The van der Waals surface area contributed by atoms with Crippen molar-refractivity contribution in [1.29, 1.82) is 0 Å². The zero-order chi connectivity index (χ0) is 5.98. The van der Waals surface area contributed by atoms with Gasteiger partial charge in [-0.15, -0.1) is 0 Å². The summed E-state index contributed by atoms with van der Waals surface area (Å²) in [6.07, 6.45) is 2.14. The predicted octanol–water partition coefficient (Wildman–Crippen LogP) is -0.571. The van der Waals surface area contributed by atoms with E-state index in [2.05, 4.69) is 5.43 Å². The molecule has 1 saturated carbocycles. The molecule has 8 heavy (non-hydrogen) atoms. The van der Waals surface area contributed by atoms with E-state index in [-0.39, 0.29) is 5.78 Å². The Morgan fingerprint density at radius 1 is 1.75 bits per heavy atom. The first-order valence-electron chi connectivity index (χ1n) is 2.81. The predicted molar refractivity (Wildman–Crippen MR) is 29.9 cm³/mol. The van der Waals surface area contributed by atoms with Crippen molar-refractivity contribution in [2.45, 2.75) is 12.8 Å². The van der Waals surface area contributed by atoms with E-state index in [0.717, 1.165) is 12.8 Å². The Balaban J connectivity index is 2.13. The molecule has 3 heteroatoms. The van der Waals surface area contributed by atoms with Gasteiger partial charge in [0, 0.05) is 5.92 Å². The third-order valence-corrected chi connectivity index (χ3v) is 1.31. The minimum atomic E-state index is 0.257. The van der Waals surface area contributed by atoms with Crippen LogP contribution in [-0.2, 0) is 4.79 Å². The van der Waals surface area contributed by atoms with Gasteiger partial charge in [-0.3, -0.25) is 16.1 Å². The summed E-state index contributed by atoms with van der Waals surface area (Å²) < 4.78 is 0. The molecule has 0 aromatic rings. The number of hydrogen-bond acceptors (Lipinski definition) is 3. The maximum Gasteiger partial charge on any atom is 0.151 e. The molecule has 1 aliphatic carbocycles. The van der Waals surface area contributed by atoms with E-state index in [1.54, 1.807) is 0 Å². The summed E-state index contributed by atoms with van der Waals surface area (Å²) in [6, 6.07) is 0. The molecule has 1 rings (SSSR count). The zero-order valence-corrected chi connectivity index (χ0v) is 4.68. The van der Waals surface area contributed by atoms with Gasteiger partial charge in [-0.25, -0.2) is 0 Å². The molecule has 0 unspecified atom stereocenters. The Bertz CT molecular complexity index is 98.6. The number of carbonyl (C=O) groups excluding carboxylic acids is 1. The van der Waals surface area contributed by atoms with Crippen LogP contribution in [0.15, 0.2) is 0 Å². The molecular weight excluding hydrogens is 104 g/mol. The Morgan fingerprint density at radius 2 is 2.38 bits per heavy atom. The molecule has 1 fully saturated rings. The largest absolute Gasteiger partial charge is 0.298 e. The highest BCUT2D eigenvalue weighted by Gasteiger charge is 2.28. The van der Waals surface area contributed by atoms with Crippen molar-refractivity contribution in [1.82, 2.24) is 5.43 Å². The molecule has 0 radical (unpaired) electrons. The van der Waals surface area contributed by atoms with Crippen LogP contribution in [0.1, 0.15) is 12.8 Å². The molecule has 0 aromatic carbocycles. The topological polar surface area (TPSA) is 55.1 Å². The standard InChI is InChI=1S/C5H10N2O/c6-7-3-5(8)4-1-2-4/h4,7H,1-3,6H2. The van der Waals surface area contributed by atoms with Crippen molar-refractivity contribution < 1.29 is 4.79 Å². The number of nitrogens with one attached hydrogen (secondary N) is 1. The van der Waals surface area contributed by atoms with Gasteiger partial charge in [-0.1, -0.05) is 0 Å². The van der Waals surface area contributed by atoms with E-state index in [0.29, 0.717) is 12.5 Å². The first-order chi connectivity index (χ1) is 3.84. The molecule has 0 saturated heterocycles. The first kappa shape index (κ1) is 5.72. The molecule has 0 heterocycles.